The van der Waals surface area contributed by atoms with Crippen LogP contribution in [0.25, 0.3) is 0 Å². The summed E-state index contributed by atoms with van der Waals surface area (Å²) in [7, 11) is 0. The summed E-state index contributed by atoms with van der Waals surface area (Å²) in [6, 6.07) is 17.2. The van der Waals surface area contributed by atoms with Gasteiger partial charge in [-0.05, 0) is 37.5 Å². The van der Waals surface area contributed by atoms with Gasteiger partial charge in [-0.25, -0.2) is 0 Å². The molecule has 23 heavy (non-hydrogen) atoms. The van der Waals surface area contributed by atoms with Gasteiger partial charge < -0.3 is 10.6 Å². The summed E-state index contributed by atoms with van der Waals surface area (Å²) >= 11 is 0. The van der Waals surface area contributed by atoms with Gasteiger partial charge >= 0.3 is 0 Å². The first-order valence-corrected chi connectivity index (χ1v) is 7.80. The Hall–Kier alpha value is -2.62. The molecule has 2 aromatic carbocycles. The summed E-state index contributed by atoms with van der Waals surface area (Å²) in [6.45, 7) is 2.47. The Morgan fingerprint density at radius 1 is 0.957 bits per heavy atom. The molecule has 118 valence electrons. The molecule has 1 fully saturated rings. The van der Waals surface area contributed by atoms with E-state index in [1.807, 2.05) is 61.5 Å². The van der Waals surface area contributed by atoms with E-state index < -0.39 is 5.41 Å². The molecular weight excluding hydrogens is 288 g/mol. The summed E-state index contributed by atoms with van der Waals surface area (Å²) in [5.74, 6) is -0.406. The van der Waals surface area contributed by atoms with Crippen LogP contribution in [0.5, 0.6) is 0 Å². The van der Waals surface area contributed by atoms with Gasteiger partial charge in [-0.15, -0.1) is 0 Å². The van der Waals surface area contributed by atoms with E-state index >= 15 is 0 Å². The van der Waals surface area contributed by atoms with E-state index in [0.717, 1.165) is 11.3 Å². The van der Waals surface area contributed by atoms with Crippen LogP contribution in [0.2, 0.25) is 0 Å². The van der Waals surface area contributed by atoms with Crippen molar-refractivity contribution in [3.05, 3.63) is 65.7 Å². The number of benzene rings is 2. The zero-order valence-corrected chi connectivity index (χ0v) is 13.1. The van der Waals surface area contributed by atoms with Gasteiger partial charge in [-0.3, -0.25) is 9.59 Å². The quantitative estimate of drug-likeness (QED) is 0.834. The standard InChI is InChI=1S/C19H20N2O2/c1-14-7-9-15(10-8-14)13-20-17(22)19(11-12-19)18(23)21-16-5-3-2-4-6-16/h2-10H,11-13H2,1H3,(H,20,22)(H,21,23). The Balaban J connectivity index is 1.60. The number of hydrogen-bond acceptors (Lipinski definition) is 2. The Bertz CT molecular complexity index is 704. The summed E-state index contributed by atoms with van der Waals surface area (Å²) < 4.78 is 0. The van der Waals surface area contributed by atoms with Crippen LogP contribution < -0.4 is 10.6 Å². The van der Waals surface area contributed by atoms with Crippen LogP contribution in [0.15, 0.2) is 54.6 Å². The van der Waals surface area contributed by atoms with Crippen LogP contribution in [0, 0.1) is 12.3 Å². The van der Waals surface area contributed by atoms with E-state index in [1.165, 1.54) is 5.56 Å². The van der Waals surface area contributed by atoms with Gasteiger partial charge in [0.15, 0.2) is 0 Å². The zero-order valence-electron chi connectivity index (χ0n) is 13.1. The molecule has 0 bridgehead atoms. The van der Waals surface area contributed by atoms with Crippen LogP contribution >= 0.6 is 0 Å². The molecule has 0 aliphatic heterocycles. The Morgan fingerprint density at radius 2 is 1.61 bits per heavy atom. The van der Waals surface area contributed by atoms with Crippen LogP contribution in [-0.4, -0.2) is 11.8 Å². The van der Waals surface area contributed by atoms with Crippen LogP contribution in [0.4, 0.5) is 5.69 Å². The molecule has 0 aromatic heterocycles. The van der Waals surface area contributed by atoms with Crippen molar-refractivity contribution in [1.29, 1.82) is 0 Å². The summed E-state index contributed by atoms with van der Waals surface area (Å²) in [5, 5.41) is 5.72. The number of carbonyl (C=O) groups excluding carboxylic acids is 2. The van der Waals surface area contributed by atoms with Crippen molar-refractivity contribution < 1.29 is 9.59 Å². The Kier molecular flexibility index (Phi) is 4.15. The molecule has 3 rings (SSSR count). The van der Waals surface area contributed by atoms with Gasteiger partial charge in [0.1, 0.15) is 5.41 Å². The van der Waals surface area contributed by atoms with Crippen LogP contribution in [0.1, 0.15) is 24.0 Å². The fourth-order valence-electron chi connectivity index (χ4n) is 2.51. The van der Waals surface area contributed by atoms with E-state index in [0.29, 0.717) is 19.4 Å². The molecule has 2 amide bonds. The molecule has 1 aliphatic carbocycles. The lowest BCUT2D eigenvalue weighted by Crippen LogP contribution is -2.39. The van der Waals surface area contributed by atoms with Crippen molar-refractivity contribution in [1.82, 2.24) is 5.32 Å². The minimum absolute atomic E-state index is 0.188. The van der Waals surface area contributed by atoms with Crippen LogP contribution in [-0.2, 0) is 16.1 Å². The lowest BCUT2D eigenvalue weighted by Gasteiger charge is -2.15. The third kappa shape index (κ3) is 3.42. The number of carbonyl (C=O) groups is 2. The van der Waals surface area contributed by atoms with E-state index in [1.54, 1.807) is 0 Å². The predicted octanol–water partition coefficient (Wildman–Crippen LogP) is 3.03. The summed E-state index contributed by atoms with van der Waals surface area (Å²) in [4.78, 5) is 24.8. The fourth-order valence-corrected chi connectivity index (χ4v) is 2.51. The molecule has 0 heterocycles. The lowest BCUT2D eigenvalue weighted by molar-refractivity contribution is -0.134. The second kappa shape index (κ2) is 6.24. The highest BCUT2D eigenvalue weighted by Crippen LogP contribution is 2.46. The molecular formula is C19H20N2O2. The van der Waals surface area contributed by atoms with Gasteiger partial charge in [-0.2, -0.15) is 0 Å². The number of amides is 2. The minimum atomic E-state index is -0.902. The third-order valence-electron chi connectivity index (χ3n) is 4.22. The van der Waals surface area contributed by atoms with Gasteiger partial charge in [0.05, 0.1) is 0 Å². The number of para-hydroxylation sites is 1. The van der Waals surface area contributed by atoms with E-state index in [4.69, 9.17) is 0 Å². The lowest BCUT2D eigenvalue weighted by atomic mass is 10.0. The van der Waals surface area contributed by atoms with E-state index in [2.05, 4.69) is 10.6 Å². The van der Waals surface area contributed by atoms with Gasteiger partial charge in [0, 0.05) is 12.2 Å². The van der Waals surface area contributed by atoms with E-state index in [-0.39, 0.29) is 11.8 Å². The summed E-state index contributed by atoms with van der Waals surface area (Å²) in [6.07, 6.45) is 1.21. The molecule has 4 nitrogen and oxygen atoms in total. The first-order valence-electron chi connectivity index (χ1n) is 7.80. The largest absolute Gasteiger partial charge is 0.351 e. The van der Waals surface area contributed by atoms with Gasteiger partial charge in [0.2, 0.25) is 11.8 Å². The molecule has 0 spiro atoms. The SMILES string of the molecule is Cc1ccc(CNC(=O)C2(C(=O)Nc3ccccc3)CC2)cc1. The molecule has 0 saturated heterocycles. The average Bonchev–Trinajstić information content (AvgIpc) is 3.37. The van der Waals surface area contributed by atoms with Crippen LogP contribution in [0.3, 0.4) is 0 Å². The zero-order chi connectivity index (χ0) is 16.3. The second-order valence-electron chi connectivity index (χ2n) is 6.07. The van der Waals surface area contributed by atoms with Crippen molar-refractivity contribution in [3.63, 3.8) is 0 Å². The Labute approximate surface area is 135 Å². The molecule has 2 N–H and O–H groups in total. The highest BCUT2D eigenvalue weighted by Gasteiger charge is 2.56. The number of hydrogen-bond donors (Lipinski definition) is 2. The molecule has 0 radical (unpaired) electrons. The number of anilines is 1. The third-order valence-corrected chi connectivity index (χ3v) is 4.22. The molecule has 4 heteroatoms. The topological polar surface area (TPSA) is 58.2 Å². The molecule has 0 atom stereocenters. The van der Waals surface area contributed by atoms with Crippen molar-refractivity contribution in [3.8, 4) is 0 Å². The Morgan fingerprint density at radius 3 is 2.22 bits per heavy atom. The first-order chi connectivity index (χ1) is 11.1. The maximum absolute atomic E-state index is 12.4. The molecule has 2 aromatic rings. The number of aryl methyl sites for hydroxylation is 1. The normalized spacial score (nSPS) is 14.8. The maximum atomic E-state index is 12.4. The smallest absolute Gasteiger partial charge is 0.240 e. The van der Waals surface area contributed by atoms with Gasteiger partial charge in [-0.1, -0.05) is 48.0 Å². The van der Waals surface area contributed by atoms with E-state index in [9.17, 15) is 9.59 Å². The van der Waals surface area contributed by atoms with Crippen molar-refractivity contribution in [2.24, 2.45) is 5.41 Å². The molecule has 1 saturated carbocycles. The fraction of sp³-hybridized carbons (Fsp3) is 0.263. The first kappa shape index (κ1) is 15.3. The minimum Gasteiger partial charge on any atom is -0.351 e. The van der Waals surface area contributed by atoms with Crippen molar-refractivity contribution in [2.45, 2.75) is 26.3 Å². The van der Waals surface area contributed by atoms with Crippen molar-refractivity contribution in [2.75, 3.05) is 5.32 Å². The van der Waals surface area contributed by atoms with Crippen molar-refractivity contribution >= 4 is 17.5 Å². The number of nitrogens with one attached hydrogen (secondary N) is 2. The average molecular weight is 308 g/mol. The highest BCUT2D eigenvalue weighted by molar-refractivity contribution is 6.13. The summed E-state index contributed by atoms with van der Waals surface area (Å²) in [5.41, 5.74) is 2.03. The molecule has 1 aliphatic rings. The highest BCUT2D eigenvalue weighted by atomic mass is 16.2. The molecule has 0 unspecified atom stereocenters. The van der Waals surface area contributed by atoms with Gasteiger partial charge in [0.25, 0.3) is 0 Å². The second-order valence-corrected chi connectivity index (χ2v) is 6.07. The monoisotopic (exact) mass is 308 g/mol. The number of rotatable bonds is 5. The maximum Gasteiger partial charge on any atom is 0.240 e. The predicted molar refractivity (Wildman–Crippen MR) is 89.8 cm³/mol.